The Bertz CT molecular complexity index is 1200. The third-order valence-electron chi connectivity index (χ3n) is 14.7. The Morgan fingerprint density at radius 1 is 0.397 bits per heavy atom. The Kier molecular flexibility index (Phi) is 59.0. The molecular weight excluding hydrogens is 930 g/mol. The quantitative estimate of drug-likeness (QED) is 0.0264. The first kappa shape index (κ1) is 71.8. The highest BCUT2D eigenvalue weighted by atomic mass is 31.2. The predicted octanol–water partition coefficient (Wildman–Crippen LogP) is 20.4. The number of unbranched alkanes of at least 4 members (excludes halogenated alkanes) is 47. The summed E-state index contributed by atoms with van der Waals surface area (Å²) in [5.41, 5.74) is 5.39. The monoisotopic (exact) mass is 1050 g/mol. The molecule has 0 rings (SSSR count). The molecule has 0 aliphatic heterocycles. The molecule has 0 aliphatic carbocycles. The van der Waals surface area contributed by atoms with Gasteiger partial charge in [-0.3, -0.25) is 18.6 Å². The summed E-state index contributed by atoms with van der Waals surface area (Å²) in [6.07, 6.45) is 70.0. The molecule has 434 valence electrons. The van der Waals surface area contributed by atoms with Crippen LogP contribution in [0.2, 0.25) is 0 Å². The lowest BCUT2D eigenvalue weighted by atomic mass is 10.0. The smallest absolute Gasteiger partial charge is 0.462 e. The molecule has 0 amide bonds. The van der Waals surface area contributed by atoms with Gasteiger partial charge < -0.3 is 20.1 Å². The second-order valence-corrected chi connectivity index (χ2v) is 23.4. The topological polar surface area (TPSA) is 134 Å². The summed E-state index contributed by atoms with van der Waals surface area (Å²) in [4.78, 5) is 35.3. The molecule has 0 saturated heterocycles. The summed E-state index contributed by atoms with van der Waals surface area (Å²) in [7, 11) is -4.38. The Morgan fingerprint density at radius 2 is 0.671 bits per heavy atom. The number of hydrogen-bond donors (Lipinski definition) is 2. The second-order valence-electron chi connectivity index (χ2n) is 22.0. The minimum Gasteiger partial charge on any atom is -0.462 e. The highest BCUT2D eigenvalue weighted by Gasteiger charge is 2.26. The van der Waals surface area contributed by atoms with Crippen LogP contribution in [0.5, 0.6) is 0 Å². The van der Waals surface area contributed by atoms with Crippen LogP contribution in [0.15, 0.2) is 12.2 Å². The number of ether oxygens (including phenoxy) is 2. The molecule has 0 aromatic heterocycles. The largest absolute Gasteiger partial charge is 0.472 e. The van der Waals surface area contributed by atoms with E-state index >= 15 is 0 Å². The molecule has 2 atom stereocenters. The molecule has 0 aromatic carbocycles. The fourth-order valence-corrected chi connectivity index (χ4v) is 10.6. The van der Waals surface area contributed by atoms with E-state index in [9.17, 15) is 19.0 Å². The van der Waals surface area contributed by atoms with Crippen LogP contribution in [0.1, 0.15) is 348 Å². The average Bonchev–Trinajstić information content (AvgIpc) is 3.38. The zero-order chi connectivity index (χ0) is 53.1. The number of nitrogens with two attached hydrogens (primary N) is 1. The van der Waals surface area contributed by atoms with Crippen molar-refractivity contribution in [2.75, 3.05) is 26.4 Å². The van der Waals surface area contributed by atoms with E-state index in [2.05, 4.69) is 26.0 Å². The summed E-state index contributed by atoms with van der Waals surface area (Å²) < 4.78 is 33.1. The molecule has 0 aromatic rings. The Balaban J connectivity index is 3.86. The zero-order valence-corrected chi connectivity index (χ0v) is 49.6. The fourth-order valence-electron chi connectivity index (χ4n) is 9.87. The lowest BCUT2D eigenvalue weighted by Gasteiger charge is -2.19. The van der Waals surface area contributed by atoms with Crippen molar-refractivity contribution < 1.29 is 37.6 Å². The maximum absolute atomic E-state index is 12.7. The van der Waals surface area contributed by atoms with Gasteiger partial charge in [0.25, 0.3) is 0 Å². The van der Waals surface area contributed by atoms with Crippen LogP contribution < -0.4 is 5.73 Å². The molecule has 0 heterocycles. The van der Waals surface area contributed by atoms with E-state index < -0.39 is 26.5 Å². The summed E-state index contributed by atoms with van der Waals surface area (Å²) in [5, 5.41) is 0. The lowest BCUT2D eigenvalue weighted by molar-refractivity contribution is -0.161. The van der Waals surface area contributed by atoms with E-state index in [4.69, 9.17) is 24.3 Å². The van der Waals surface area contributed by atoms with Gasteiger partial charge in [0.1, 0.15) is 6.61 Å². The molecule has 0 radical (unpaired) electrons. The maximum Gasteiger partial charge on any atom is 0.472 e. The fraction of sp³-hybridized carbons (Fsp3) is 0.937. The van der Waals surface area contributed by atoms with Crippen LogP contribution in [-0.4, -0.2) is 49.3 Å². The predicted molar refractivity (Wildman–Crippen MR) is 312 cm³/mol. The van der Waals surface area contributed by atoms with Crippen LogP contribution in [0, 0.1) is 0 Å². The van der Waals surface area contributed by atoms with Crippen molar-refractivity contribution >= 4 is 19.8 Å². The number of carbonyl (C=O) groups is 2. The van der Waals surface area contributed by atoms with Crippen LogP contribution in [0.25, 0.3) is 0 Å². The summed E-state index contributed by atoms with van der Waals surface area (Å²) >= 11 is 0. The molecule has 3 N–H and O–H groups in total. The molecular formula is C63H124NO8P. The van der Waals surface area contributed by atoms with Gasteiger partial charge in [0.05, 0.1) is 13.2 Å². The van der Waals surface area contributed by atoms with Crippen LogP contribution >= 0.6 is 7.82 Å². The van der Waals surface area contributed by atoms with Crippen LogP contribution in [0.4, 0.5) is 0 Å². The van der Waals surface area contributed by atoms with E-state index in [1.807, 2.05) is 0 Å². The molecule has 73 heavy (non-hydrogen) atoms. The van der Waals surface area contributed by atoms with Gasteiger partial charge in [0, 0.05) is 19.4 Å². The molecule has 0 bridgehead atoms. The normalized spacial score (nSPS) is 13.0. The molecule has 0 fully saturated rings. The summed E-state index contributed by atoms with van der Waals surface area (Å²) in [6.45, 7) is 3.82. The van der Waals surface area contributed by atoms with E-state index in [1.165, 1.54) is 283 Å². The first-order valence-corrected chi connectivity index (χ1v) is 33.7. The molecule has 0 spiro atoms. The molecule has 10 heteroatoms. The molecule has 2 unspecified atom stereocenters. The number of phosphoric acid groups is 1. The van der Waals surface area contributed by atoms with Crippen LogP contribution in [0.3, 0.4) is 0 Å². The van der Waals surface area contributed by atoms with Gasteiger partial charge in [0.15, 0.2) is 6.10 Å². The molecule has 9 nitrogen and oxygen atoms in total. The SMILES string of the molecule is CCCCCCCCCC/C=C\CCCCCCCCCCCCCCCC(=O)OC(COC(=O)CCCCCCCCCCCCCCCCCCCCCCCCCCCCC)COP(=O)(O)OCCN. The number of rotatable bonds is 62. The second kappa shape index (κ2) is 60.0. The van der Waals surface area contributed by atoms with Crippen molar-refractivity contribution in [3.8, 4) is 0 Å². The first-order valence-electron chi connectivity index (χ1n) is 32.2. The minimum atomic E-state index is -4.38. The van der Waals surface area contributed by atoms with E-state index in [-0.39, 0.29) is 38.6 Å². The van der Waals surface area contributed by atoms with E-state index in [1.54, 1.807) is 0 Å². The number of carbonyl (C=O) groups excluding carboxylic acids is 2. The van der Waals surface area contributed by atoms with Crippen molar-refractivity contribution in [2.45, 2.75) is 354 Å². The maximum atomic E-state index is 12.7. The van der Waals surface area contributed by atoms with Crippen molar-refractivity contribution in [2.24, 2.45) is 5.73 Å². The summed E-state index contributed by atoms with van der Waals surface area (Å²) in [6, 6.07) is 0. The Labute approximate surface area is 453 Å². The lowest BCUT2D eigenvalue weighted by Crippen LogP contribution is -2.29. The number of phosphoric ester groups is 1. The standard InChI is InChI=1S/C63H124NO8P/c1-3-5-7-9-11-13-15-17-19-21-23-25-27-29-30-32-33-35-37-39-41-43-45-47-49-51-53-55-62(65)69-59-61(60-71-73(67,68)70-58-57-64)72-63(66)56-54-52-50-48-46-44-42-40-38-36-34-31-28-26-24-22-20-18-16-14-12-10-8-6-4-2/h22,24,61H,3-21,23,25-60,64H2,1-2H3,(H,67,68)/b24-22-. The van der Waals surface area contributed by atoms with E-state index in [0.29, 0.717) is 6.42 Å². The third kappa shape index (κ3) is 59.8. The van der Waals surface area contributed by atoms with Gasteiger partial charge in [-0.05, 0) is 38.5 Å². The van der Waals surface area contributed by atoms with Crippen LogP contribution in [-0.2, 0) is 32.7 Å². The van der Waals surface area contributed by atoms with Crippen molar-refractivity contribution in [3.05, 3.63) is 12.2 Å². The van der Waals surface area contributed by atoms with Gasteiger partial charge in [-0.2, -0.15) is 0 Å². The average molecular weight is 1050 g/mol. The van der Waals surface area contributed by atoms with Crippen molar-refractivity contribution in [3.63, 3.8) is 0 Å². The van der Waals surface area contributed by atoms with Crippen molar-refractivity contribution in [1.82, 2.24) is 0 Å². The number of esters is 2. The molecule has 0 aliphatic rings. The first-order chi connectivity index (χ1) is 35.8. The van der Waals surface area contributed by atoms with Gasteiger partial charge in [0.2, 0.25) is 0 Å². The number of hydrogen-bond acceptors (Lipinski definition) is 8. The Hall–Kier alpha value is -1.25. The molecule has 0 saturated carbocycles. The van der Waals surface area contributed by atoms with Gasteiger partial charge in [-0.15, -0.1) is 0 Å². The zero-order valence-electron chi connectivity index (χ0n) is 48.7. The van der Waals surface area contributed by atoms with Gasteiger partial charge in [-0.1, -0.05) is 309 Å². The van der Waals surface area contributed by atoms with E-state index in [0.717, 1.165) is 32.1 Å². The number of allylic oxidation sites excluding steroid dienone is 2. The Morgan fingerprint density at radius 3 is 0.973 bits per heavy atom. The van der Waals surface area contributed by atoms with Gasteiger partial charge in [-0.25, -0.2) is 4.57 Å². The van der Waals surface area contributed by atoms with Gasteiger partial charge >= 0.3 is 19.8 Å². The summed E-state index contributed by atoms with van der Waals surface area (Å²) in [5.74, 6) is -0.804. The highest BCUT2D eigenvalue weighted by molar-refractivity contribution is 7.47. The van der Waals surface area contributed by atoms with Crippen molar-refractivity contribution in [1.29, 1.82) is 0 Å². The third-order valence-corrected chi connectivity index (χ3v) is 15.6. The highest BCUT2D eigenvalue weighted by Crippen LogP contribution is 2.43. The minimum absolute atomic E-state index is 0.0572.